The first kappa shape index (κ1) is 19.3. The average molecular weight is 409 g/mol. The van der Waals surface area contributed by atoms with Crippen LogP contribution >= 0.6 is 22.7 Å². The van der Waals surface area contributed by atoms with E-state index in [0.29, 0.717) is 6.04 Å². The summed E-state index contributed by atoms with van der Waals surface area (Å²) < 4.78 is 5.43. The third kappa shape index (κ3) is 5.07. The van der Waals surface area contributed by atoms with Gasteiger partial charge in [-0.15, -0.1) is 11.3 Å². The number of aliphatic hydroxyl groups is 1. The highest BCUT2D eigenvalue weighted by Crippen LogP contribution is 2.26. The third-order valence-corrected chi connectivity index (χ3v) is 7.09. The summed E-state index contributed by atoms with van der Waals surface area (Å²) in [7, 11) is 0. The van der Waals surface area contributed by atoms with Crippen molar-refractivity contribution in [3.8, 4) is 0 Å². The highest BCUT2D eigenvalue weighted by atomic mass is 32.1. The van der Waals surface area contributed by atoms with E-state index in [1.54, 1.807) is 11.3 Å². The van der Waals surface area contributed by atoms with Crippen molar-refractivity contribution in [1.29, 1.82) is 0 Å². The Hall–Kier alpha value is -1.03. The number of morpholine rings is 1. The summed E-state index contributed by atoms with van der Waals surface area (Å²) in [5.74, 6) is 0. The van der Waals surface area contributed by atoms with Crippen LogP contribution < -0.4 is 4.90 Å². The SMILES string of the molecule is OCCC1CN(Cc2cnc(N3CCOCC3)s2)CCN1Cc1ccsc1. The lowest BCUT2D eigenvalue weighted by atomic mass is 10.1. The molecule has 0 radical (unpaired) electrons. The zero-order valence-corrected chi connectivity index (χ0v) is 17.3. The molecule has 0 aliphatic carbocycles. The van der Waals surface area contributed by atoms with Crippen LogP contribution in [0.2, 0.25) is 0 Å². The van der Waals surface area contributed by atoms with E-state index in [1.807, 2.05) is 17.5 Å². The Kier molecular flexibility index (Phi) is 6.75. The Morgan fingerprint density at radius 1 is 1.19 bits per heavy atom. The quantitative estimate of drug-likeness (QED) is 0.757. The maximum Gasteiger partial charge on any atom is 0.185 e. The number of hydrogen-bond acceptors (Lipinski definition) is 8. The van der Waals surface area contributed by atoms with Crippen LogP contribution in [0.4, 0.5) is 5.13 Å². The van der Waals surface area contributed by atoms with E-state index < -0.39 is 0 Å². The molecule has 1 N–H and O–H groups in total. The lowest BCUT2D eigenvalue weighted by molar-refractivity contribution is 0.0505. The highest BCUT2D eigenvalue weighted by Gasteiger charge is 2.27. The molecule has 0 saturated carbocycles. The van der Waals surface area contributed by atoms with Gasteiger partial charge < -0.3 is 14.7 Å². The van der Waals surface area contributed by atoms with Gasteiger partial charge in [0.05, 0.1) is 13.2 Å². The predicted molar refractivity (Wildman–Crippen MR) is 111 cm³/mol. The van der Waals surface area contributed by atoms with Gasteiger partial charge in [0.2, 0.25) is 0 Å². The minimum atomic E-state index is 0.250. The zero-order chi connectivity index (χ0) is 18.5. The van der Waals surface area contributed by atoms with Crippen molar-refractivity contribution in [3.05, 3.63) is 33.5 Å². The molecule has 2 aliphatic rings. The van der Waals surface area contributed by atoms with Crippen molar-refractivity contribution >= 4 is 27.8 Å². The van der Waals surface area contributed by atoms with E-state index in [2.05, 4.69) is 36.5 Å². The molecule has 2 aliphatic heterocycles. The molecule has 2 aromatic heterocycles. The van der Waals surface area contributed by atoms with Crippen molar-refractivity contribution in [2.45, 2.75) is 25.6 Å². The fourth-order valence-electron chi connectivity index (χ4n) is 3.84. The molecule has 1 atom stereocenters. The number of nitrogens with zero attached hydrogens (tertiary/aromatic N) is 4. The molecule has 0 amide bonds. The lowest BCUT2D eigenvalue weighted by Gasteiger charge is -2.41. The Bertz CT molecular complexity index is 688. The monoisotopic (exact) mass is 408 g/mol. The maximum absolute atomic E-state index is 9.52. The van der Waals surface area contributed by atoms with Gasteiger partial charge in [-0.2, -0.15) is 11.3 Å². The smallest absolute Gasteiger partial charge is 0.185 e. The molecule has 0 aromatic carbocycles. The molecular weight excluding hydrogens is 380 g/mol. The Labute approximate surface area is 169 Å². The van der Waals surface area contributed by atoms with Gasteiger partial charge in [-0.25, -0.2) is 4.98 Å². The molecule has 148 valence electrons. The molecule has 2 fully saturated rings. The van der Waals surface area contributed by atoms with Gasteiger partial charge in [-0.1, -0.05) is 0 Å². The van der Waals surface area contributed by atoms with Crippen molar-refractivity contribution in [3.63, 3.8) is 0 Å². The Balaban J connectivity index is 1.34. The van der Waals surface area contributed by atoms with Crippen LogP contribution in [-0.2, 0) is 17.8 Å². The number of hydrogen-bond donors (Lipinski definition) is 1. The van der Waals surface area contributed by atoms with E-state index in [4.69, 9.17) is 4.74 Å². The number of aliphatic hydroxyl groups excluding tert-OH is 1. The highest BCUT2D eigenvalue weighted by molar-refractivity contribution is 7.15. The van der Waals surface area contributed by atoms with Gasteiger partial charge in [0.25, 0.3) is 0 Å². The molecule has 0 spiro atoms. The first-order valence-corrected chi connectivity index (χ1v) is 11.4. The molecule has 2 saturated heterocycles. The first-order valence-electron chi connectivity index (χ1n) is 9.67. The Morgan fingerprint density at radius 2 is 2.07 bits per heavy atom. The van der Waals surface area contributed by atoms with Gasteiger partial charge in [0.1, 0.15) is 0 Å². The molecule has 4 heterocycles. The van der Waals surface area contributed by atoms with Crippen LogP contribution in [0.3, 0.4) is 0 Å². The number of thiophene rings is 1. The number of anilines is 1. The number of thiazole rings is 1. The van der Waals surface area contributed by atoms with Crippen molar-refractivity contribution in [2.75, 3.05) is 57.4 Å². The number of ether oxygens (including phenoxy) is 1. The zero-order valence-electron chi connectivity index (χ0n) is 15.6. The summed E-state index contributed by atoms with van der Waals surface area (Å²) in [6, 6.07) is 2.62. The predicted octanol–water partition coefficient (Wildman–Crippen LogP) is 2.11. The molecule has 27 heavy (non-hydrogen) atoms. The fraction of sp³-hybridized carbons (Fsp3) is 0.632. The summed E-state index contributed by atoms with van der Waals surface area (Å²) in [6.45, 7) is 8.79. The van der Waals surface area contributed by atoms with Crippen LogP contribution in [0.25, 0.3) is 0 Å². The second-order valence-corrected chi connectivity index (χ2v) is 9.09. The minimum Gasteiger partial charge on any atom is -0.396 e. The fourth-order valence-corrected chi connectivity index (χ4v) is 5.50. The Morgan fingerprint density at radius 3 is 2.85 bits per heavy atom. The summed E-state index contributed by atoms with van der Waals surface area (Å²) in [4.78, 5) is 13.3. The van der Waals surface area contributed by atoms with E-state index in [9.17, 15) is 5.11 Å². The van der Waals surface area contributed by atoms with Gasteiger partial charge in [0.15, 0.2) is 5.13 Å². The van der Waals surface area contributed by atoms with Gasteiger partial charge in [-0.3, -0.25) is 9.80 Å². The van der Waals surface area contributed by atoms with Crippen LogP contribution in [0.15, 0.2) is 23.0 Å². The van der Waals surface area contributed by atoms with Crippen molar-refractivity contribution in [2.24, 2.45) is 0 Å². The third-order valence-electron chi connectivity index (χ3n) is 5.32. The van der Waals surface area contributed by atoms with E-state index in [1.165, 1.54) is 10.4 Å². The van der Waals surface area contributed by atoms with E-state index in [0.717, 1.165) is 70.6 Å². The largest absolute Gasteiger partial charge is 0.396 e. The maximum atomic E-state index is 9.52. The molecule has 6 nitrogen and oxygen atoms in total. The summed E-state index contributed by atoms with van der Waals surface area (Å²) in [5.41, 5.74) is 1.38. The average Bonchev–Trinajstić information content (AvgIpc) is 3.37. The molecular formula is C19H28N4O2S2. The normalized spacial score (nSPS) is 22.4. The van der Waals surface area contributed by atoms with E-state index >= 15 is 0 Å². The van der Waals surface area contributed by atoms with Crippen LogP contribution in [0, 0.1) is 0 Å². The summed E-state index contributed by atoms with van der Waals surface area (Å²) >= 11 is 3.56. The summed E-state index contributed by atoms with van der Waals surface area (Å²) in [6.07, 6.45) is 2.87. The molecule has 0 bridgehead atoms. The van der Waals surface area contributed by atoms with Crippen molar-refractivity contribution in [1.82, 2.24) is 14.8 Å². The second-order valence-electron chi connectivity index (χ2n) is 7.21. The molecule has 8 heteroatoms. The van der Waals surface area contributed by atoms with Gasteiger partial charge in [-0.05, 0) is 28.8 Å². The van der Waals surface area contributed by atoms with Crippen molar-refractivity contribution < 1.29 is 9.84 Å². The van der Waals surface area contributed by atoms with Crippen LogP contribution in [0.1, 0.15) is 16.9 Å². The van der Waals surface area contributed by atoms with E-state index in [-0.39, 0.29) is 6.61 Å². The van der Waals surface area contributed by atoms with Crippen LogP contribution in [0.5, 0.6) is 0 Å². The number of aromatic nitrogens is 1. The summed E-state index contributed by atoms with van der Waals surface area (Å²) in [5, 5.41) is 15.0. The molecule has 1 unspecified atom stereocenters. The standard InChI is InChI=1S/C19H28N4O2S2/c24-7-1-17-13-21(3-4-23(17)12-16-2-10-26-15-16)14-18-11-20-19(27-18)22-5-8-25-9-6-22/h2,10-11,15,17,24H,1,3-9,12-14H2. The minimum absolute atomic E-state index is 0.250. The molecule has 2 aromatic rings. The second kappa shape index (κ2) is 9.45. The topological polar surface area (TPSA) is 52.1 Å². The van der Waals surface area contributed by atoms with Crippen LogP contribution in [-0.4, -0.2) is 78.5 Å². The van der Waals surface area contributed by atoms with Gasteiger partial charge >= 0.3 is 0 Å². The number of piperazine rings is 1. The lowest BCUT2D eigenvalue weighted by Crippen LogP contribution is -2.52. The first-order chi connectivity index (χ1) is 13.3. The van der Waals surface area contributed by atoms with Gasteiger partial charge in [0, 0.05) is 69.5 Å². The molecule has 4 rings (SSSR count). The number of rotatable bonds is 7.